The number of rotatable bonds is 8. The van der Waals surface area contributed by atoms with E-state index in [-0.39, 0.29) is 28.9 Å². The zero-order valence-electron chi connectivity index (χ0n) is 18.7. The SMILES string of the molecule is C=C(C)C(=O)OC(C)CNC(=O)c1ccccc1N=Nc1c(C)[nH]n(-c2ccccc2)c1=O. The Balaban J connectivity index is 1.77. The number of esters is 1. The number of para-hydroxylation sites is 1. The number of aromatic nitrogens is 2. The Hall–Kier alpha value is -4.27. The molecule has 0 spiro atoms. The molecule has 0 bridgehead atoms. The molecule has 0 radical (unpaired) electrons. The van der Waals surface area contributed by atoms with E-state index in [4.69, 9.17) is 4.74 Å². The van der Waals surface area contributed by atoms with Gasteiger partial charge in [-0.25, -0.2) is 9.48 Å². The molecule has 3 rings (SSSR count). The molecule has 0 aliphatic carbocycles. The highest BCUT2D eigenvalue weighted by atomic mass is 16.5. The molecular weight excluding hydrogens is 422 g/mol. The number of benzene rings is 2. The predicted molar refractivity (Wildman–Crippen MR) is 124 cm³/mol. The third-order valence-corrected chi connectivity index (χ3v) is 4.67. The topological polar surface area (TPSA) is 118 Å². The van der Waals surface area contributed by atoms with E-state index in [0.717, 1.165) is 0 Å². The van der Waals surface area contributed by atoms with Crippen LogP contribution in [0.3, 0.4) is 0 Å². The summed E-state index contributed by atoms with van der Waals surface area (Å²) in [5.41, 5.74) is 1.87. The number of nitrogens with one attached hydrogen (secondary N) is 2. The van der Waals surface area contributed by atoms with Crippen LogP contribution in [0.4, 0.5) is 11.4 Å². The Morgan fingerprint density at radius 3 is 2.48 bits per heavy atom. The number of hydrogen-bond donors (Lipinski definition) is 2. The third-order valence-electron chi connectivity index (χ3n) is 4.67. The van der Waals surface area contributed by atoms with Gasteiger partial charge in [0.25, 0.3) is 11.5 Å². The van der Waals surface area contributed by atoms with Crippen molar-refractivity contribution in [1.82, 2.24) is 15.1 Å². The van der Waals surface area contributed by atoms with E-state index in [1.165, 1.54) is 4.68 Å². The van der Waals surface area contributed by atoms with Crippen LogP contribution in [0.15, 0.2) is 81.8 Å². The molecule has 1 amide bonds. The molecule has 0 saturated heterocycles. The summed E-state index contributed by atoms with van der Waals surface area (Å²) in [6, 6.07) is 15.7. The van der Waals surface area contributed by atoms with Gasteiger partial charge in [0.15, 0.2) is 5.69 Å². The van der Waals surface area contributed by atoms with E-state index >= 15 is 0 Å². The number of carbonyl (C=O) groups is 2. The fraction of sp³-hybridized carbons (Fsp3) is 0.208. The first-order valence-corrected chi connectivity index (χ1v) is 10.3. The van der Waals surface area contributed by atoms with E-state index in [0.29, 0.717) is 17.1 Å². The highest BCUT2D eigenvalue weighted by Gasteiger charge is 2.16. The lowest BCUT2D eigenvalue weighted by Crippen LogP contribution is -2.33. The van der Waals surface area contributed by atoms with Crippen molar-refractivity contribution in [3.05, 3.63) is 88.4 Å². The average molecular weight is 447 g/mol. The zero-order valence-corrected chi connectivity index (χ0v) is 18.7. The first kappa shape index (κ1) is 23.4. The number of carbonyl (C=O) groups excluding carboxylic acids is 2. The Morgan fingerprint density at radius 1 is 1.12 bits per heavy atom. The molecule has 0 aliphatic heterocycles. The molecule has 1 aromatic heterocycles. The monoisotopic (exact) mass is 447 g/mol. The Labute approximate surface area is 190 Å². The van der Waals surface area contributed by atoms with Gasteiger partial charge in [-0.05, 0) is 45.0 Å². The predicted octanol–water partition coefficient (Wildman–Crippen LogP) is 4.13. The molecule has 0 fully saturated rings. The molecule has 1 unspecified atom stereocenters. The molecule has 0 saturated carbocycles. The minimum Gasteiger partial charge on any atom is -0.457 e. The molecule has 9 nitrogen and oxygen atoms in total. The van der Waals surface area contributed by atoms with Crippen LogP contribution in [-0.4, -0.2) is 34.3 Å². The molecule has 2 aromatic carbocycles. The summed E-state index contributed by atoms with van der Waals surface area (Å²) in [6.07, 6.45) is -0.536. The van der Waals surface area contributed by atoms with Gasteiger partial charge in [-0.15, -0.1) is 10.2 Å². The van der Waals surface area contributed by atoms with Gasteiger partial charge in [0.1, 0.15) is 6.10 Å². The lowest BCUT2D eigenvalue weighted by Gasteiger charge is -2.14. The highest BCUT2D eigenvalue weighted by Crippen LogP contribution is 2.22. The van der Waals surface area contributed by atoms with Gasteiger partial charge in [0.05, 0.1) is 29.2 Å². The van der Waals surface area contributed by atoms with Gasteiger partial charge in [0, 0.05) is 5.57 Å². The zero-order chi connectivity index (χ0) is 24.0. The molecule has 1 atom stereocenters. The van der Waals surface area contributed by atoms with Crippen LogP contribution < -0.4 is 10.9 Å². The summed E-state index contributed by atoms with van der Waals surface area (Å²) in [6.45, 7) is 8.58. The maximum atomic E-state index is 12.8. The van der Waals surface area contributed by atoms with Gasteiger partial charge >= 0.3 is 5.97 Å². The lowest BCUT2D eigenvalue weighted by molar-refractivity contribution is -0.143. The number of hydrogen-bond acceptors (Lipinski definition) is 6. The average Bonchev–Trinajstić information content (AvgIpc) is 3.09. The van der Waals surface area contributed by atoms with E-state index in [1.807, 2.05) is 18.2 Å². The molecule has 3 aromatic rings. The van der Waals surface area contributed by atoms with Crippen molar-refractivity contribution in [2.75, 3.05) is 6.54 Å². The second-order valence-corrected chi connectivity index (χ2v) is 7.48. The minimum atomic E-state index is -0.536. The normalized spacial score (nSPS) is 11.8. The van der Waals surface area contributed by atoms with Crippen LogP contribution in [0, 0.1) is 6.92 Å². The Kier molecular flexibility index (Phi) is 7.34. The summed E-state index contributed by atoms with van der Waals surface area (Å²) in [7, 11) is 0. The fourth-order valence-electron chi connectivity index (χ4n) is 2.93. The van der Waals surface area contributed by atoms with E-state index < -0.39 is 18.0 Å². The summed E-state index contributed by atoms with van der Waals surface area (Å²) < 4.78 is 6.55. The number of aromatic amines is 1. The van der Waals surface area contributed by atoms with Gasteiger partial charge in [0.2, 0.25) is 0 Å². The van der Waals surface area contributed by atoms with Gasteiger partial charge in [-0.3, -0.25) is 14.7 Å². The standard InChI is InChI=1S/C24H25N5O4/c1-15(2)24(32)33-16(3)14-25-22(30)19-12-8-9-13-20(19)26-27-21-17(4)28-29(23(21)31)18-10-6-5-7-11-18/h5-13,16,28H,1,14H2,2-4H3,(H,25,30). The fourth-order valence-corrected chi connectivity index (χ4v) is 2.93. The highest BCUT2D eigenvalue weighted by molar-refractivity contribution is 5.98. The number of aryl methyl sites for hydroxylation is 1. The van der Waals surface area contributed by atoms with E-state index in [2.05, 4.69) is 27.2 Å². The van der Waals surface area contributed by atoms with Crippen LogP contribution in [-0.2, 0) is 9.53 Å². The summed E-state index contributed by atoms with van der Waals surface area (Å²) >= 11 is 0. The Morgan fingerprint density at radius 2 is 1.79 bits per heavy atom. The summed E-state index contributed by atoms with van der Waals surface area (Å²) in [5.74, 6) is -0.927. The number of ether oxygens (including phenoxy) is 1. The van der Waals surface area contributed by atoms with Crippen molar-refractivity contribution in [2.24, 2.45) is 10.2 Å². The quantitative estimate of drug-likeness (QED) is 0.307. The van der Waals surface area contributed by atoms with Crippen molar-refractivity contribution in [1.29, 1.82) is 0 Å². The second-order valence-electron chi connectivity index (χ2n) is 7.48. The van der Waals surface area contributed by atoms with E-state index in [1.54, 1.807) is 57.2 Å². The molecule has 2 N–H and O–H groups in total. The largest absolute Gasteiger partial charge is 0.457 e. The van der Waals surface area contributed by atoms with Crippen LogP contribution in [0.1, 0.15) is 29.9 Å². The first-order chi connectivity index (χ1) is 15.8. The number of H-pyrrole nitrogens is 1. The van der Waals surface area contributed by atoms with Crippen molar-refractivity contribution >= 4 is 23.3 Å². The first-order valence-electron chi connectivity index (χ1n) is 10.3. The Bertz CT molecular complexity index is 1260. The van der Waals surface area contributed by atoms with Crippen LogP contribution >= 0.6 is 0 Å². The van der Waals surface area contributed by atoms with Crippen molar-refractivity contribution in [3.8, 4) is 5.69 Å². The molecule has 9 heteroatoms. The molecular formula is C24H25N5O4. The van der Waals surface area contributed by atoms with Crippen molar-refractivity contribution in [3.63, 3.8) is 0 Å². The maximum absolute atomic E-state index is 12.8. The summed E-state index contributed by atoms with van der Waals surface area (Å²) in [4.78, 5) is 37.1. The van der Waals surface area contributed by atoms with Crippen LogP contribution in [0.25, 0.3) is 5.69 Å². The molecule has 0 aliphatic rings. The second kappa shape index (κ2) is 10.4. The molecule has 170 valence electrons. The minimum absolute atomic E-state index is 0.113. The van der Waals surface area contributed by atoms with Crippen LogP contribution in [0.5, 0.6) is 0 Å². The maximum Gasteiger partial charge on any atom is 0.333 e. The van der Waals surface area contributed by atoms with Gasteiger partial charge < -0.3 is 10.1 Å². The number of nitrogens with zero attached hydrogens (tertiary/aromatic N) is 3. The summed E-state index contributed by atoms with van der Waals surface area (Å²) in [5, 5.41) is 14.0. The van der Waals surface area contributed by atoms with Crippen molar-refractivity contribution in [2.45, 2.75) is 26.9 Å². The molecule has 1 heterocycles. The smallest absolute Gasteiger partial charge is 0.333 e. The van der Waals surface area contributed by atoms with E-state index in [9.17, 15) is 14.4 Å². The number of azo groups is 1. The van der Waals surface area contributed by atoms with Crippen LogP contribution in [0.2, 0.25) is 0 Å². The lowest BCUT2D eigenvalue weighted by atomic mass is 10.1. The molecule has 33 heavy (non-hydrogen) atoms. The van der Waals surface area contributed by atoms with Crippen molar-refractivity contribution < 1.29 is 14.3 Å². The number of amides is 1. The third kappa shape index (κ3) is 5.70. The van der Waals surface area contributed by atoms with Gasteiger partial charge in [-0.1, -0.05) is 36.9 Å². The van der Waals surface area contributed by atoms with Gasteiger partial charge in [-0.2, -0.15) is 0 Å².